The lowest BCUT2D eigenvalue weighted by Gasteiger charge is -2.05. The molecule has 0 saturated carbocycles. The maximum absolute atomic E-state index is 8.82. The molecular weight excluding hydrogens is 262 g/mol. The first-order chi connectivity index (χ1) is 9.19. The summed E-state index contributed by atoms with van der Waals surface area (Å²) in [4.78, 5) is 8.30. The zero-order valence-corrected chi connectivity index (χ0v) is 10.9. The van der Waals surface area contributed by atoms with Crippen LogP contribution in [0.25, 0.3) is 0 Å². The third kappa shape index (κ3) is 3.70. The van der Waals surface area contributed by atoms with Crippen LogP contribution in [0.5, 0.6) is 11.6 Å². The number of hydrogen-bond donors (Lipinski definition) is 2. The molecule has 0 aliphatic carbocycles. The van der Waals surface area contributed by atoms with E-state index in [9.17, 15) is 0 Å². The van der Waals surface area contributed by atoms with Gasteiger partial charge in [-0.25, -0.2) is 9.97 Å². The Morgan fingerprint density at radius 1 is 1.21 bits per heavy atom. The molecule has 1 aromatic heterocycles. The summed E-state index contributed by atoms with van der Waals surface area (Å²) in [7, 11) is 0. The summed E-state index contributed by atoms with van der Waals surface area (Å²) < 4.78 is 5.53. The molecule has 6 heteroatoms. The van der Waals surface area contributed by atoms with Gasteiger partial charge in [-0.2, -0.15) is 0 Å². The van der Waals surface area contributed by atoms with Crippen LogP contribution in [0.1, 0.15) is 11.3 Å². The van der Waals surface area contributed by atoms with Crippen molar-refractivity contribution in [3.05, 3.63) is 47.9 Å². The molecule has 0 bridgehead atoms. The molecule has 2 aromatic rings. The number of aromatic nitrogens is 2. The van der Waals surface area contributed by atoms with Crippen molar-refractivity contribution >= 4 is 17.2 Å². The van der Waals surface area contributed by atoms with Crippen molar-refractivity contribution in [2.45, 2.75) is 6.42 Å². The van der Waals surface area contributed by atoms with Gasteiger partial charge < -0.3 is 15.6 Å². The Morgan fingerprint density at radius 2 is 1.95 bits per heavy atom. The molecular formula is C13H13N3O2S. The molecule has 0 unspecified atom stereocenters. The number of hydrogen-bond acceptors (Lipinski definition) is 5. The first-order valence-corrected chi connectivity index (χ1v) is 6.09. The maximum Gasteiger partial charge on any atom is 0.237 e. The fourth-order valence-electron chi connectivity index (χ4n) is 1.47. The Morgan fingerprint density at radius 3 is 2.47 bits per heavy atom. The zero-order valence-electron chi connectivity index (χ0n) is 10.1. The van der Waals surface area contributed by atoms with Crippen molar-refractivity contribution in [3.63, 3.8) is 0 Å². The number of benzene rings is 1. The first-order valence-electron chi connectivity index (χ1n) is 5.68. The quantitative estimate of drug-likeness (QED) is 0.804. The molecule has 5 nitrogen and oxygen atoms in total. The number of aliphatic hydroxyl groups is 1. The predicted octanol–water partition coefficient (Wildman–Crippen LogP) is 1.44. The van der Waals surface area contributed by atoms with Gasteiger partial charge in [0.25, 0.3) is 0 Å². The van der Waals surface area contributed by atoms with Crippen LogP contribution in [0, 0.1) is 0 Å². The number of rotatable bonds is 5. The average molecular weight is 275 g/mol. The number of ether oxygens (including phenoxy) is 1. The normalized spacial score (nSPS) is 10.2. The molecule has 98 valence electrons. The Hall–Kier alpha value is -2.05. The van der Waals surface area contributed by atoms with Crippen LogP contribution in [0.3, 0.4) is 0 Å². The fraction of sp³-hybridized carbons (Fsp3) is 0.154. The maximum atomic E-state index is 8.82. The summed E-state index contributed by atoms with van der Waals surface area (Å²) in [5.74, 6) is 1.02. The topological polar surface area (TPSA) is 81.3 Å². The Kier molecular flexibility index (Phi) is 4.38. The average Bonchev–Trinajstić information content (AvgIpc) is 2.42. The van der Waals surface area contributed by atoms with E-state index >= 15 is 0 Å². The van der Waals surface area contributed by atoms with Gasteiger partial charge in [0.15, 0.2) is 0 Å². The molecule has 0 amide bonds. The molecule has 0 saturated heterocycles. The molecule has 0 spiro atoms. The molecule has 1 aromatic carbocycles. The highest BCUT2D eigenvalue weighted by Gasteiger charge is 2.02. The summed E-state index contributed by atoms with van der Waals surface area (Å²) in [6.07, 6.45) is 3.57. The summed E-state index contributed by atoms with van der Waals surface area (Å²) in [5, 5.41) is 8.82. The second-order valence-electron chi connectivity index (χ2n) is 3.82. The molecule has 0 fully saturated rings. The van der Waals surface area contributed by atoms with Crippen LogP contribution in [0.15, 0.2) is 36.7 Å². The van der Waals surface area contributed by atoms with E-state index in [2.05, 4.69) is 9.97 Å². The highest BCUT2D eigenvalue weighted by Crippen LogP contribution is 2.19. The van der Waals surface area contributed by atoms with Crippen LogP contribution in [0.2, 0.25) is 0 Å². The minimum Gasteiger partial charge on any atom is -0.438 e. The standard InChI is InChI=1S/C13H13N3O2S/c14-13(19)11-7-16-12(8-15-11)18-10-3-1-9(2-4-10)5-6-17/h1-4,7-8,17H,5-6H2,(H2,14,19). The van der Waals surface area contributed by atoms with E-state index in [1.54, 1.807) is 0 Å². The highest BCUT2D eigenvalue weighted by molar-refractivity contribution is 7.80. The zero-order chi connectivity index (χ0) is 13.7. The monoisotopic (exact) mass is 275 g/mol. The van der Waals surface area contributed by atoms with Crippen LogP contribution in [-0.4, -0.2) is 26.7 Å². The lowest BCUT2D eigenvalue weighted by molar-refractivity contribution is 0.299. The van der Waals surface area contributed by atoms with Crippen LogP contribution in [-0.2, 0) is 6.42 Å². The number of aliphatic hydroxyl groups excluding tert-OH is 1. The highest BCUT2D eigenvalue weighted by atomic mass is 32.1. The van der Waals surface area contributed by atoms with E-state index < -0.39 is 0 Å². The van der Waals surface area contributed by atoms with Gasteiger partial charge in [0.2, 0.25) is 5.88 Å². The van der Waals surface area contributed by atoms with E-state index in [0.717, 1.165) is 5.56 Å². The third-order valence-corrected chi connectivity index (χ3v) is 2.64. The van der Waals surface area contributed by atoms with Crippen molar-refractivity contribution in [1.29, 1.82) is 0 Å². The molecule has 19 heavy (non-hydrogen) atoms. The first kappa shape index (κ1) is 13.4. The van der Waals surface area contributed by atoms with Gasteiger partial charge in [-0.05, 0) is 24.1 Å². The molecule has 0 atom stereocenters. The van der Waals surface area contributed by atoms with Gasteiger partial charge in [0, 0.05) is 6.61 Å². The molecule has 0 radical (unpaired) electrons. The minimum absolute atomic E-state index is 0.131. The molecule has 3 N–H and O–H groups in total. The fourth-order valence-corrected chi connectivity index (χ4v) is 1.58. The van der Waals surface area contributed by atoms with E-state index in [4.69, 9.17) is 27.8 Å². The lowest BCUT2D eigenvalue weighted by atomic mass is 10.1. The second-order valence-corrected chi connectivity index (χ2v) is 4.26. The number of nitrogens with zero attached hydrogens (tertiary/aromatic N) is 2. The minimum atomic E-state index is 0.131. The smallest absolute Gasteiger partial charge is 0.237 e. The number of thiocarbonyl (C=S) groups is 1. The SMILES string of the molecule is NC(=S)c1cnc(Oc2ccc(CCO)cc2)cn1. The Labute approximate surface area is 116 Å². The molecule has 1 heterocycles. The van der Waals surface area contributed by atoms with E-state index in [-0.39, 0.29) is 11.6 Å². The molecule has 2 rings (SSSR count). The Balaban J connectivity index is 2.06. The summed E-state index contributed by atoms with van der Waals surface area (Å²) in [6.45, 7) is 0.131. The number of nitrogens with two attached hydrogens (primary N) is 1. The van der Waals surface area contributed by atoms with Crippen molar-refractivity contribution in [2.75, 3.05) is 6.61 Å². The predicted molar refractivity (Wildman–Crippen MR) is 75.2 cm³/mol. The van der Waals surface area contributed by atoms with Crippen LogP contribution < -0.4 is 10.5 Å². The summed E-state index contributed by atoms with van der Waals surface area (Å²) >= 11 is 4.79. The van der Waals surface area contributed by atoms with Gasteiger partial charge >= 0.3 is 0 Å². The van der Waals surface area contributed by atoms with Gasteiger partial charge in [-0.15, -0.1) is 0 Å². The van der Waals surface area contributed by atoms with Crippen molar-refractivity contribution in [2.24, 2.45) is 5.73 Å². The van der Waals surface area contributed by atoms with E-state index in [1.807, 2.05) is 24.3 Å². The van der Waals surface area contributed by atoms with Gasteiger partial charge in [-0.1, -0.05) is 24.4 Å². The Bertz CT molecular complexity index is 555. The third-order valence-electron chi connectivity index (χ3n) is 2.43. The van der Waals surface area contributed by atoms with Crippen molar-refractivity contribution in [1.82, 2.24) is 9.97 Å². The lowest BCUT2D eigenvalue weighted by Crippen LogP contribution is -2.11. The van der Waals surface area contributed by atoms with Crippen molar-refractivity contribution < 1.29 is 9.84 Å². The van der Waals surface area contributed by atoms with Crippen molar-refractivity contribution in [3.8, 4) is 11.6 Å². The summed E-state index contributed by atoms with van der Waals surface area (Å²) in [5.41, 5.74) is 6.93. The van der Waals surface area contributed by atoms with Gasteiger partial charge in [0.1, 0.15) is 16.4 Å². The second kappa shape index (κ2) is 6.21. The van der Waals surface area contributed by atoms with E-state index in [1.165, 1.54) is 12.4 Å². The van der Waals surface area contributed by atoms with Crippen LogP contribution >= 0.6 is 12.2 Å². The van der Waals surface area contributed by atoms with E-state index in [0.29, 0.717) is 23.7 Å². The largest absolute Gasteiger partial charge is 0.438 e. The van der Waals surface area contributed by atoms with Gasteiger partial charge in [0.05, 0.1) is 12.4 Å². The molecule has 0 aliphatic rings. The van der Waals surface area contributed by atoms with Gasteiger partial charge in [-0.3, -0.25) is 0 Å². The molecule has 0 aliphatic heterocycles. The summed E-state index contributed by atoms with van der Waals surface area (Å²) in [6, 6.07) is 7.41. The van der Waals surface area contributed by atoms with Crippen LogP contribution in [0.4, 0.5) is 0 Å².